The number of piperidine rings is 1. The topological polar surface area (TPSA) is 29.3 Å². The lowest BCUT2D eigenvalue weighted by molar-refractivity contribution is 0.484. The van der Waals surface area contributed by atoms with Crippen molar-refractivity contribution in [3.8, 4) is 0 Å². The Bertz CT molecular complexity index is 320. The first-order chi connectivity index (χ1) is 6.33. The Balaban J connectivity index is 1.87. The number of aromatic nitrogens is 1. The van der Waals surface area contributed by atoms with E-state index in [4.69, 9.17) is 4.42 Å². The van der Waals surface area contributed by atoms with Gasteiger partial charge in [-0.15, -0.1) is 0 Å². The second kappa shape index (κ2) is 2.50. The van der Waals surface area contributed by atoms with Gasteiger partial charge in [-0.2, -0.15) is 4.98 Å². The van der Waals surface area contributed by atoms with Crippen LogP contribution in [0.25, 0.3) is 0 Å². The molecule has 0 spiro atoms. The molecule has 2 unspecified atom stereocenters. The summed E-state index contributed by atoms with van der Waals surface area (Å²) in [6.45, 7) is 3.13. The molecule has 2 aliphatic rings. The van der Waals surface area contributed by atoms with Gasteiger partial charge in [0.2, 0.25) is 0 Å². The number of nitrogens with zero attached hydrogens (tertiary/aromatic N) is 2. The fraction of sp³-hybridized carbons (Fsp3) is 0.700. The highest BCUT2D eigenvalue weighted by atomic mass is 16.4. The molecule has 2 bridgehead atoms. The molecule has 1 aromatic heterocycles. The SMILES string of the molecule is Cc1coc(N2CC3CCC2C3)n1. The fourth-order valence-corrected chi connectivity index (χ4v) is 2.63. The summed E-state index contributed by atoms with van der Waals surface area (Å²) in [5, 5.41) is 0. The van der Waals surface area contributed by atoms with Gasteiger partial charge in [0.1, 0.15) is 6.26 Å². The summed E-state index contributed by atoms with van der Waals surface area (Å²) in [5.74, 6) is 0.900. The quantitative estimate of drug-likeness (QED) is 0.658. The lowest BCUT2D eigenvalue weighted by Crippen LogP contribution is -2.31. The van der Waals surface area contributed by atoms with Crippen LogP contribution in [0.4, 0.5) is 6.01 Å². The highest BCUT2D eigenvalue weighted by Gasteiger charge is 2.39. The van der Waals surface area contributed by atoms with Crippen LogP contribution in [0, 0.1) is 12.8 Å². The summed E-state index contributed by atoms with van der Waals surface area (Å²) in [4.78, 5) is 6.71. The third-order valence-corrected chi connectivity index (χ3v) is 3.26. The van der Waals surface area contributed by atoms with Crippen LogP contribution in [-0.2, 0) is 0 Å². The van der Waals surface area contributed by atoms with E-state index in [1.165, 1.54) is 19.3 Å². The largest absolute Gasteiger partial charge is 0.432 e. The molecule has 0 amide bonds. The maximum absolute atomic E-state index is 5.42. The molecule has 3 nitrogen and oxygen atoms in total. The lowest BCUT2D eigenvalue weighted by Gasteiger charge is -2.24. The van der Waals surface area contributed by atoms with Crippen LogP contribution in [0.5, 0.6) is 0 Å². The number of fused-ring (bicyclic) bond motifs is 2. The first-order valence-electron chi connectivity index (χ1n) is 5.01. The van der Waals surface area contributed by atoms with E-state index >= 15 is 0 Å². The number of hydrogen-bond donors (Lipinski definition) is 0. The number of rotatable bonds is 1. The van der Waals surface area contributed by atoms with Gasteiger partial charge in [0, 0.05) is 12.6 Å². The molecule has 3 heteroatoms. The molecule has 1 aliphatic carbocycles. The van der Waals surface area contributed by atoms with E-state index in [1.807, 2.05) is 6.92 Å². The maximum Gasteiger partial charge on any atom is 0.297 e. The molecule has 1 aliphatic heterocycles. The van der Waals surface area contributed by atoms with E-state index in [2.05, 4.69) is 9.88 Å². The molecule has 1 saturated carbocycles. The predicted octanol–water partition coefficient (Wildman–Crippen LogP) is 1.97. The Hall–Kier alpha value is -0.990. The van der Waals surface area contributed by atoms with Crippen molar-refractivity contribution in [3.63, 3.8) is 0 Å². The van der Waals surface area contributed by atoms with Crippen molar-refractivity contribution in [2.75, 3.05) is 11.4 Å². The van der Waals surface area contributed by atoms with Crippen LogP contribution in [0.3, 0.4) is 0 Å². The van der Waals surface area contributed by atoms with Gasteiger partial charge in [-0.3, -0.25) is 0 Å². The number of oxazole rings is 1. The van der Waals surface area contributed by atoms with Crippen molar-refractivity contribution in [2.45, 2.75) is 32.2 Å². The zero-order chi connectivity index (χ0) is 8.84. The summed E-state index contributed by atoms with van der Waals surface area (Å²) < 4.78 is 5.42. The number of aryl methyl sites for hydroxylation is 1. The maximum atomic E-state index is 5.42. The van der Waals surface area contributed by atoms with E-state index < -0.39 is 0 Å². The summed E-state index contributed by atoms with van der Waals surface area (Å²) in [7, 11) is 0. The van der Waals surface area contributed by atoms with Crippen molar-refractivity contribution in [3.05, 3.63) is 12.0 Å². The van der Waals surface area contributed by atoms with Crippen molar-refractivity contribution in [2.24, 2.45) is 5.92 Å². The molecule has 0 radical (unpaired) electrons. The average Bonchev–Trinajstić information content (AvgIpc) is 2.77. The van der Waals surface area contributed by atoms with Crippen LogP contribution in [-0.4, -0.2) is 17.6 Å². The second-order valence-electron chi connectivity index (χ2n) is 4.26. The summed E-state index contributed by atoms with van der Waals surface area (Å²) in [6, 6.07) is 1.55. The minimum atomic E-state index is 0.711. The molecule has 2 fully saturated rings. The number of anilines is 1. The third-order valence-electron chi connectivity index (χ3n) is 3.26. The molecule has 1 aromatic rings. The number of hydrogen-bond acceptors (Lipinski definition) is 3. The fourth-order valence-electron chi connectivity index (χ4n) is 2.63. The molecule has 13 heavy (non-hydrogen) atoms. The van der Waals surface area contributed by atoms with Crippen LogP contribution < -0.4 is 4.90 Å². The third kappa shape index (κ3) is 1.06. The van der Waals surface area contributed by atoms with Crippen molar-refractivity contribution in [1.29, 1.82) is 0 Å². The summed E-state index contributed by atoms with van der Waals surface area (Å²) in [5.41, 5.74) is 0.984. The Morgan fingerprint density at radius 1 is 1.54 bits per heavy atom. The molecule has 2 heterocycles. The molecule has 0 aromatic carbocycles. The summed E-state index contributed by atoms with van der Waals surface area (Å²) in [6.07, 6.45) is 5.82. The highest BCUT2D eigenvalue weighted by Crippen LogP contribution is 2.39. The highest BCUT2D eigenvalue weighted by molar-refractivity contribution is 5.33. The van der Waals surface area contributed by atoms with Gasteiger partial charge in [-0.05, 0) is 32.1 Å². The van der Waals surface area contributed by atoms with Gasteiger partial charge in [0.05, 0.1) is 5.69 Å². The normalized spacial score (nSPS) is 31.6. The van der Waals surface area contributed by atoms with Crippen LogP contribution in [0.2, 0.25) is 0 Å². The smallest absolute Gasteiger partial charge is 0.297 e. The Morgan fingerprint density at radius 2 is 2.46 bits per heavy atom. The Morgan fingerprint density at radius 3 is 3.00 bits per heavy atom. The van der Waals surface area contributed by atoms with Gasteiger partial charge in [-0.1, -0.05) is 0 Å². The van der Waals surface area contributed by atoms with E-state index in [9.17, 15) is 0 Å². The van der Waals surface area contributed by atoms with Gasteiger partial charge in [0.15, 0.2) is 0 Å². The van der Waals surface area contributed by atoms with Gasteiger partial charge in [0.25, 0.3) is 6.01 Å². The minimum Gasteiger partial charge on any atom is -0.432 e. The van der Waals surface area contributed by atoms with Crippen LogP contribution >= 0.6 is 0 Å². The van der Waals surface area contributed by atoms with Crippen molar-refractivity contribution < 1.29 is 4.42 Å². The molecule has 0 N–H and O–H groups in total. The molecular weight excluding hydrogens is 164 g/mol. The van der Waals surface area contributed by atoms with Crippen LogP contribution in [0.15, 0.2) is 10.7 Å². The molecule has 2 atom stereocenters. The Kier molecular flexibility index (Phi) is 1.43. The first-order valence-corrected chi connectivity index (χ1v) is 5.01. The summed E-state index contributed by atoms with van der Waals surface area (Å²) >= 11 is 0. The molecule has 1 saturated heterocycles. The van der Waals surface area contributed by atoms with Crippen LogP contribution in [0.1, 0.15) is 25.0 Å². The average molecular weight is 178 g/mol. The van der Waals surface area contributed by atoms with Crippen molar-refractivity contribution in [1.82, 2.24) is 4.98 Å². The second-order valence-corrected chi connectivity index (χ2v) is 4.26. The van der Waals surface area contributed by atoms with Gasteiger partial charge in [-0.25, -0.2) is 0 Å². The van der Waals surface area contributed by atoms with Crippen molar-refractivity contribution >= 4 is 6.01 Å². The van der Waals surface area contributed by atoms with E-state index in [0.29, 0.717) is 6.04 Å². The van der Waals surface area contributed by atoms with Gasteiger partial charge >= 0.3 is 0 Å². The molecule has 3 rings (SSSR count). The standard InChI is InChI=1S/C10H14N2O/c1-7-6-13-10(11-7)12-5-8-2-3-9(12)4-8/h6,8-9H,2-5H2,1H3. The van der Waals surface area contributed by atoms with E-state index in [-0.39, 0.29) is 0 Å². The van der Waals surface area contributed by atoms with Gasteiger partial charge < -0.3 is 9.32 Å². The van der Waals surface area contributed by atoms with E-state index in [0.717, 1.165) is 24.2 Å². The van der Waals surface area contributed by atoms with E-state index in [1.54, 1.807) is 6.26 Å². The molecule has 70 valence electrons. The minimum absolute atomic E-state index is 0.711. The molecular formula is C10H14N2O. The first kappa shape index (κ1) is 7.42. The predicted molar refractivity (Wildman–Crippen MR) is 49.7 cm³/mol. The zero-order valence-electron chi connectivity index (χ0n) is 7.86. The Labute approximate surface area is 77.7 Å². The monoisotopic (exact) mass is 178 g/mol. The lowest BCUT2D eigenvalue weighted by atomic mass is 10.1. The zero-order valence-corrected chi connectivity index (χ0v) is 7.86.